The van der Waals surface area contributed by atoms with Crippen molar-refractivity contribution in [2.45, 2.75) is 19.5 Å². The summed E-state index contributed by atoms with van der Waals surface area (Å²) in [7, 11) is 1.92. The molecule has 0 atom stereocenters. The van der Waals surface area contributed by atoms with Gasteiger partial charge in [0.1, 0.15) is 5.75 Å². The van der Waals surface area contributed by atoms with Gasteiger partial charge in [-0.15, -0.1) is 0 Å². The zero-order valence-corrected chi connectivity index (χ0v) is 11.8. The molecule has 0 unspecified atom stereocenters. The molecule has 3 heteroatoms. The summed E-state index contributed by atoms with van der Waals surface area (Å²) in [6, 6.07) is 14.2. The van der Waals surface area contributed by atoms with Gasteiger partial charge in [-0.25, -0.2) is 0 Å². The summed E-state index contributed by atoms with van der Waals surface area (Å²) in [5.41, 5.74) is 5.12. The van der Waals surface area contributed by atoms with Gasteiger partial charge in [0.25, 0.3) is 0 Å². The number of hydrogen-bond donors (Lipinski definition) is 2. The molecule has 1 aliphatic heterocycles. The molecule has 0 spiro atoms. The molecule has 3 rings (SSSR count). The molecule has 3 nitrogen and oxygen atoms in total. The predicted octanol–water partition coefficient (Wildman–Crippen LogP) is 2.99. The summed E-state index contributed by atoms with van der Waals surface area (Å²) in [5, 5.41) is 12.9. The third-order valence-corrected chi connectivity index (χ3v) is 3.96. The topological polar surface area (TPSA) is 35.5 Å². The van der Waals surface area contributed by atoms with E-state index in [2.05, 4.69) is 34.5 Å². The number of phenolic OH excluding ortho intramolecular Hbond substituents is 1. The molecule has 0 aliphatic carbocycles. The van der Waals surface area contributed by atoms with Crippen molar-refractivity contribution in [2.24, 2.45) is 0 Å². The smallest absolute Gasteiger partial charge is 0.116 e. The first-order valence-corrected chi connectivity index (χ1v) is 7.05. The van der Waals surface area contributed by atoms with Crippen LogP contribution in [0.5, 0.6) is 5.75 Å². The lowest BCUT2D eigenvalue weighted by atomic mass is 9.99. The lowest BCUT2D eigenvalue weighted by Crippen LogP contribution is -2.30. The van der Waals surface area contributed by atoms with E-state index in [-0.39, 0.29) is 0 Å². The first kappa shape index (κ1) is 13.0. The van der Waals surface area contributed by atoms with E-state index in [1.54, 1.807) is 6.07 Å². The Morgan fingerprint density at radius 2 is 1.95 bits per heavy atom. The lowest BCUT2D eigenvalue weighted by Gasteiger charge is -2.29. The summed E-state index contributed by atoms with van der Waals surface area (Å²) >= 11 is 0. The van der Waals surface area contributed by atoms with Crippen LogP contribution < -0.4 is 5.32 Å². The maximum Gasteiger partial charge on any atom is 0.116 e. The molecule has 20 heavy (non-hydrogen) atoms. The molecular formula is C17H20N2O. The standard InChI is InChI=1S/C17H20N2O/c1-18-17-7-6-16(20)10-15(17)12-19-9-8-13-4-2-3-5-14(13)11-19/h2-7,10,18,20H,8-9,11-12H2,1H3. The first-order valence-electron chi connectivity index (χ1n) is 7.05. The second-order valence-electron chi connectivity index (χ2n) is 5.32. The maximum absolute atomic E-state index is 9.67. The number of aromatic hydroxyl groups is 1. The number of hydrogen-bond acceptors (Lipinski definition) is 3. The minimum Gasteiger partial charge on any atom is -0.508 e. The molecule has 0 aromatic heterocycles. The van der Waals surface area contributed by atoms with Crippen LogP contribution in [0.15, 0.2) is 42.5 Å². The van der Waals surface area contributed by atoms with Crippen LogP contribution in [0.4, 0.5) is 5.69 Å². The number of nitrogens with one attached hydrogen (secondary N) is 1. The Morgan fingerprint density at radius 1 is 1.15 bits per heavy atom. The van der Waals surface area contributed by atoms with Crippen molar-refractivity contribution < 1.29 is 5.11 Å². The highest BCUT2D eigenvalue weighted by Crippen LogP contribution is 2.25. The molecular weight excluding hydrogens is 248 g/mol. The molecule has 104 valence electrons. The van der Waals surface area contributed by atoms with Crippen LogP contribution in [0.2, 0.25) is 0 Å². The molecule has 2 aromatic carbocycles. The zero-order valence-electron chi connectivity index (χ0n) is 11.8. The van der Waals surface area contributed by atoms with E-state index in [9.17, 15) is 5.11 Å². The number of phenols is 1. The molecule has 1 aliphatic rings. The van der Waals surface area contributed by atoms with Crippen molar-refractivity contribution in [3.63, 3.8) is 0 Å². The van der Waals surface area contributed by atoms with Gasteiger partial charge in [-0.3, -0.25) is 4.90 Å². The van der Waals surface area contributed by atoms with Gasteiger partial charge >= 0.3 is 0 Å². The zero-order chi connectivity index (χ0) is 13.9. The lowest BCUT2D eigenvalue weighted by molar-refractivity contribution is 0.245. The Balaban J connectivity index is 1.78. The van der Waals surface area contributed by atoms with Crippen molar-refractivity contribution in [3.8, 4) is 5.75 Å². The molecule has 2 N–H and O–H groups in total. The molecule has 2 aromatic rings. The highest BCUT2D eigenvalue weighted by molar-refractivity contribution is 5.53. The van der Waals surface area contributed by atoms with Crippen LogP contribution in [-0.2, 0) is 19.5 Å². The second kappa shape index (κ2) is 5.55. The van der Waals surface area contributed by atoms with Crippen LogP contribution >= 0.6 is 0 Å². The second-order valence-corrected chi connectivity index (χ2v) is 5.32. The van der Waals surface area contributed by atoms with Gasteiger partial charge in [-0.05, 0) is 41.3 Å². The predicted molar refractivity (Wildman–Crippen MR) is 81.9 cm³/mol. The molecule has 0 fully saturated rings. The summed E-state index contributed by atoms with van der Waals surface area (Å²) in [6.45, 7) is 2.91. The number of benzene rings is 2. The van der Waals surface area contributed by atoms with Crippen molar-refractivity contribution >= 4 is 5.69 Å². The van der Waals surface area contributed by atoms with E-state index in [0.29, 0.717) is 5.75 Å². The molecule has 0 radical (unpaired) electrons. The van der Waals surface area contributed by atoms with Crippen molar-refractivity contribution in [2.75, 3.05) is 18.9 Å². The monoisotopic (exact) mass is 268 g/mol. The highest BCUT2D eigenvalue weighted by atomic mass is 16.3. The number of rotatable bonds is 3. The summed E-state index contributed by atoms with van der Waals surface area (Å²) in [4.78, 5) is 2.43. The van der Waals surface area contributed by atoms with E-state index in [1.165, 1.54) is 11.1 Å². The van der Waals surface area contributed by atoms with Crippen LogP contribution in [-0.4, -0.2) is 23.6 Å². The van der Waals surface area contributed by atoms with Crippen LogP contribution in [0.25, 0.3) is 0 Å². The van der Waals surface area contributed by atoms with Gasteiger partial charge in [0, 0.05) is 32.4 Å². The van der Waals surface area contributed by atoms with Gasteiger partial charge in [0.05, 0.1) is 0 Å². The average molecular weight is 268 g/mol. The summed E-state index contributed by atoms with van der Waals surface area (Å²) in [5.74, 6) is 0.330. The van der Waals surface area contributed by atoms with Crippen LogP contribution in [0.3, 0.4) is 0 Å². The first-order chi connectivity index (χ1) is 9.76. The fourth-order valence-electron chi connectivity index (χ4n) is 2.88. The highest BCUT2D eigenvalue weighted by Gasteiger charge is 2.16. The number of nitrogens with zero attached hydrogens (tertiary/aromatic N) is 1. The van der Waals surface area contributed by atoms with E-state index in [1.807, 2.05) is 19.2 Å². The van der Waals surface area contributed by atoms with E-state index < -0.39 is 0 Å². The average Bonchev–Trinajstić information content (AvgIpc) is 2.47. The normalized spacial score (nSPS) is 14.8. The van der Waals surface area contributed by atoms with Crippen molar-refractivity contribution in [1.29, 1.82) is 0 Å². The maximum atomic E-state index is 9.67. The van der Waals surface area contributed by atoms with Crippen molar-refractivity contribution in [3.05, 3.63) is 59.2 Å². The van der Waals surface area contributed by atoms with Gasteiger partial charge in [-0.1, -0.05) is 24.3 Å². The Hall–Kier alpha value is -2.00. The van der Waals surface area contributed by atoms with E-state index in [4.69, 9.17) is 0 Å². The quantitative estimate of drug-likeness (QED) is 0.840. The Morgan fingerprint density at radius 3 is 2.75 bits per heavy atom. The van der Waals surface area contributed by atoms with E-state index >= 15 is 0 Å². The Bertz CT molecular complexity index is 610. The van der Waals surface area contributed by atoms with Crippen LogP contribution in [0.1, 0.15) is 16.7 Å². The van der Waals surface area contributed by atoms with E-state index in [0.717, 1.165) is 37.3 Å². The van der Waals surface area contributed by atoms with Crippen molar-refractivity contribution in [1.82, 2.24) is 4.90 Å². The Labute approximate surface area is 119 Å². The minimum absolute atomic E-state index is 0.330. The molecule has 1 heterocycles. The van der Waals surface area contributed by atoms with Crippen LogP contribution in [0, 0.1) is 0 Å². The summed E-state index contributed by atoms with van der Waals surface area (Å²) in [6.07, 6.45) is 1.10. The molecule has 0 saturated carbocycles. The Kier molecular flexibility index (Phi) is 3.61. The van der Waals surface area contributed by atoms with Gasteiger partial charge < -0.3 is 10.4 Å². The number of anilines is 1. The van der Waals surface area contributed by atoms with Gasteiger partial charge in [0.15, 0.2) is 0 Å². The fourth-order valence-corrected chi connectivity index (χ4v) is 2.88. The SMILES string of the molecule is CNc1ccc(O)cc1CN1CCc2ccccc2C1. The third kappa shape index (κ3) is 2.63. The molecule has 0 amide bonds. The number of fused-ring (bicyclic) bond motifs is 1. The van der Waals surface area contributed by atoms with Gasteiger partial charge in [-0.2, -0.15) is 0 Å². The van der Waals surface area contributed by atoms with Gasteiger partial charge in [0.2, 0.25) is 0 Å². The third-order valence-electron chi connectivity index (χ3n) is 3.96. The molecule has 0 bridgehead atoms. The fraction of sp³-hybridized carbons (Fsp3) is 0.294. The summed E-state index contributed by atoms with van der Waals surface area (Å²) < 4.78 is 0. The largest absolute Gasteiger partial charge is 0.508 e. The molecule has 0 saturated heterocycles. The minimum atomic E-state index is 0.330.